The largest absolute Gasteiger partial charge is 0.395 e. The third-order valence-electron chi connectivity index (χ3n) is 2.69. The van der Waals surface area contributed by atoms with E-state index < -0.39 is 0 Å². The number of aliphatic hydroxyl groups excluding tert-OH is 1. The van der Waals surface area contributed by atoms with E-state index in [4.69, 9.17) is 5.11 Å². The third-order valence-corrected chi connectivity index (χ3v) is 2.69. The number of nitrogens with one attached hydrogen (secondary N) is 1. The smallest absolute Gasteiger partial charge is 0.0606 e. The summed E-state index contributed by atoms with van der Waals surface area (Å²) in [4.78, 5) is 2.05. The topological polar surface area (TPSA) is 35.5 Å². The SMILES string of the molecule is CC(C)CNCc1ccc(N(C)CCO)cc1. The standard InChI is InChI=1S/C14H24N2O/c1-12(2)10-15-11-13-4-6-14(7-5-13)16(3)8-9-17/h4-7,12,15,17H,8-11H2,1-3H3. The molecular formula is C14H24N2O. The zero-order valence-electron chi connectivity index (χ0n) is 11.1. The van der Waals surface area contributed by atoms with Crippen LogP contribution in [-0.2, 0) is 6.54 Å². The maximum absolute atomic E-state index is 8.87. The van der Waals surface area contributed by atoms with E-state index in [0.29, 0.717) is 12.5 Å². The fourth-order valence-corrected chi connectivity index (χ4v) is 1.65. The Balaban J connectivity index is 2.44. The first kappa shape index (κ1) is 14.0. The third kappa shape index (κ3) is 5.20. The quantitative estimate of drug-likeness (QED) is 0.758. The average molecular weight is 236 g/mol. The van der Waals surface area contributed by atoms with E-state index in [1.807, 2.05) is 11.9 Å². The molecule has 2 N–H and O–H groups in total. The van der Waals surface area contributed by atoms with Crippen molar-refractivity contribution in [3.63, 3.8) is 0 Å². The van der Waals surface area contributed by atoms with Crippen LogP contribution >= 0.6 is 0 Å². The summed E-state index contributed by atoms with van der Waals surface area (Å²) >= 11 is 0. The van der Waals surface area contributed by atoms with Gasteiger partial charge in [-0.2, -0.15) is 0 Å². The number of rotatable bonds is 7. The van der Waals surface area contributed by atoms with Crippen molar-refractivity contribution in [1.82, 2.24) is 5.32 Å². The molecule has 1 aromatic rings. The molecule has 0 aliphatic heterocycles. The molecule has 3 heteroatoms. The Morgan fingerprint density at radius 2 is 1.88 bits per heavy atom. The van der Waals surface area contributed by atoms with Gasteiger partial charge in [-0.05, 0) is 30.2 Å². The van der Waals surface area contributed by atoms with Crippen LogP contribution in [-0.4, -0.2) is 31.9 Å². The number of hydrogen-bond acceptors (Lipinski definition) is 3. The van der Waals surface area contributed by atoms with Gasteiger partial charge in [0.2, 0.25) is 0 Å². The molecular weight excluding hydrogens is 212 g/mol. The predicted octanol–water partition coefficient (Wildman–Crippen LogP) is 1.86. The molecule has 0 amide bonds. The second-order valence-electron chi connectivity index (χ2n) is 4.84. The minimum absolute atomic E-state index is 0.189. The monoisotopic (exact) mass is 236 g/mol. The highest BCUT2D eigenvalue weighted by atomic mass is 16.3. The summed E-state index contributed by atoms with van der Waals surface area (Å²) in [6, 6.07) is 8.47. The Morgan fingerprint density at radius 3 is 2.41 bits per heavy atom. The average Bonchev–Trinajstić information content (AvgIpc) is 2.30. The predicted molar refractivity (Wildman–Crippen MR) is 73.3 cm³/mol. The van der Waals surface area contributed by atoms with Gasteiger partial charge in [-0.25, -0.2) is 0 Å². The molecule has 0 fully saturated rings. The Kier molecular flexibility index (Phi) is 6.01. The van der Waals surface area contributed by atoms with E-state index in [1.54, 1.807) is 0 Å². The second-order valence-corrected chi connectivity index (χ2v) is 4.84. The van der Waals surface area contributed by atoms with E-state index in [1.165, 1.54) is 5.56 Å². The van der Waals surface area contributed by atoms with Crippen LogP contribution in [0.5, 0.6) is 0 Å². The van der Waals surface area contributed by atoms with Crippen LogP contribution in [0, 0.1) is 5.92 Å². The molecule has 96 valence electrons. The van der Waals surface area contributed by atoms with Gasteiger partial charge < -0.3 is 15.3 Å². The zero-order chi connectivity index (χ0) is 12.7. The van der Waals surface area contributed by atoms with Crippen LogP contribution in [0.3, 0.4) is 0 Å². The Bertz CT molecular complexity index is 309. The van der Waals surface area contributed by atoms with Gasteiger partial charge in [0.05, 0.1) is 6.61 Å². The first-order chi connectivity index (χ1) is 8.13. The van der Waals surface area contributed by atoms with Gasteiger partial charge in [0.25, 0.3) is 0 Å². The van der Waals surface area contributed by atoms with Crippen molar-refractivity contribution in [2.75, 3.05) is 31.6 Å². The second kappa shape index (κ2) is 7.30. The lowest BCUT2D eigenvalue weighted by molar-refractivity contribution is 0.304. The van der Waals surface area contributed by atoms with Gasteiger partial charge in [0, 0.05) is 25.8 Å². The summed E-state index contributed by atoms with van der Waals surface area (Å²) in [5, 5.41) is 12.3. The molecule has 0 aliphatic rings. The Morgan fingerprint density at radius 1 is 1.24 bits per heavy atom. The highest BCUT2D eigenvalue weighted by Crippen LogP contribution is 2.13. The van der Waals surface area contributed by atoms with E-state index >= 15 is 0 Å². The summed E-state index contributed by atoms with van der Waals surface area (Å²) < 4.78 is 0. The summed E-state index contributed by atoms with van der Waals surface area (Å²) in [6.45, 7) is 7.24. The summed E-state index contributed by atoms with van der Waals surface area (Å²) in [5.41, 5.74) is 2.44. The highest BCUT2D eigenvalue weighted by molar-refractivity contribution is 5.46. The number of hydrogen-bond donors (Lipinski definition) is 2. The van der Waals surface area contributed by atoms with Crippen LogP contribution in [0.4, 0.5) is 5.69 Å². The van der Waals surface area contributed by atoms with Crippen LogP contribution in [0.2, 0.25) is 0 Å². The minimum atomic E-state index is 0.189. The first-order valence-corrected chi connectivity index (χ1v) is 6.25. The van der Waals surface area contributed by atoms with Crippen molar-refractivity contribution in [1.29, 1.82) is 0 Å². The molecule has 17 heavy (non-hydrogen) atoms. The van der Waals surface area contributed by atoms with Gasteiger partial charge in [-0.1, -0.05) is 26.0 Å². The highest BCUT2D eigenvalue weighted by Gasteiger charge is 2.00. The molecule has 1 rings (SSSR count). The van der Waals surface area contributed by atoms with Crippen molar-refractivity contribution in [3.8, 4) is 0 Å². The molecule has 0 radical (unpaired) electrons. The molecule has 0 aromatic heterocycles. The van der Waals surface area contributed by atoms with Crippen molar-refractivity contribution in [2.24, 2.45) is 5.92 Å². The normalized spacial score (nSPS) is 10.9. The Hall–Kier alpha value is -1.06. The van der Waals surface area contributed by atoms with Crippen molar-refractivity contribution >= 4 is 5.69 Å². The maximum atomic E-state index is 8.87. The van der Waals surface area contributed by atoms with Crippen LogP contribution in [0.15, 0.2) is 24.3 Å². The fraction of sp³-hybridized carbons (Fsp3) is 0.571. The van der Waals surface area contributed by atoms with E-state index in [0.717, 1.165) is 18.8 Å². The molecule has 0 spiro atoms. The molecule has 0 saturated heterocycles. The summed E-state index contributed by atoms with van der Waals surface area (Å²) in [7, 11) is 1.99. The zero-order valence-corrected chi connectivity index (χ0v) is 11.1. The fourth-order valence-electron chi connectivity index (χ4n) is 1.65. The van der Waals surface area contributed by atoms with Crippen molar-refractivity contribution in [3.05, 3.63) is 29.8 Å². The van der Waals surface area contributed by atoms with Gasteiger partial charge >= 0.3 is 0 Å². The summed E-state index contributed by atoms with van der Waals surface area (Å²) in [5.74, 6) is 0.685. The lowest BCUT2D eigenvalue weighted by atomic mass is 10.2. The van der Waals surface area contributed by atoms with Crippen LogP contribution in [0.25, 0.3) is 0 Å². The summed E-state index contributed by atoms with van der Waals surface area (Å²) in [6.07, 6.45) is 0. The molecule has 0 unspecified atom stereocenters. The minimum Gasteiger partial charge on any atom is -0.395 e. The molecule has 3 nitrogen and oxygen atoms in total. The number of likely N-dealkylation sites (N-methyl/N-ethyl adjacent to an activating group) is 1. The number of aliphatic hydroxyl groups is 1. The molecule has 1 aromatic carbocycles. The lowest BCUT2D eigenvalue weighted by Gasteiger charge is -2.18. The molecule has 0 heterocycles. The van der Waals surface area contributed by atoms with Gasteiger partial charge in [-0.15, -0.1) is 0 Å². The maximum Gasteiger partial charge on any atom is 0.0606 e. The van der Waals surface area contributed by atoms with Gasteiger partial charge in [-0.3, -0.25) is 0 Å². The van der Waals surface area contributed by atoms with E-state index in [9.17, 15) is 0 Å². The number of nitrogens with zero attached hydrogens (tertiary/aromatic N) is 1. The van der Waals surface area contributed by atoms with E-state index in [2.05, 4.69) is 43.4 Å². The number of anilines is 1. The van der Waals surface area contributed by atoms with Gasteiger partial charge in [0.1, 0.15) is 0 Å². The van der Waals surface area contributed by atoms with E-state index in [-0.39, 0.29) is 6.61 Å². The van der Waals surface area contributed by atoms with Gasteiger partial charge in [0.15, 0.2) is 0 Å². The van der Waals surface area contributed by atoms with Crippen LogP contribution in [0.1, 0.15) is 19.4 Å². The van der Waals surface area contributed by atoms with Crippen LogP contribution < -0.4 is 10.2 Å². The molecule has 0 aliphatic carbocycles. The number of benzene rings is 1. The molecule has 0 bridgehead atoms. The molecule has 0 atom stereocenters. The molecule has 0 saturated carbocycles. The van der Waals surface area contributed by atoms with Crippen molar-refractivity contribution < 1.29 is 5.11 Å². The van der Waals surface area contributed by atoms with Crippen molar-refractivity contribution in [2.45, 2.75) is 20.4 Å². The lowest BCUT2D eigenvalue weighted by Crippen LogP contribution is -2.21. The first-order valence-electron chi connectivity index (χ1n) is 6.25. The Labute approximate surface area is 104 Å².